The molecule has 0 radical (unpaired) electrons. The van der Waals surface area contributed by atoms with Crippen molar-refractivity contribution in [2.45, 2.75) is 6.42 Å². The normalized spacial score (nSPS) is 10.7. The van der Waals surface area contributed by atoms with Gasteiger partial charge in [0.05, 0.1) is 6.42 Å². The summed E-state index contributed by atoms with van der Waals surface area (Å²) in [5.74, 6) is 1.31. The molecule has 4 nitrogen and oxygen atoms in total. The maximum absolute atomic E-state index is 9.43. The minimum absolute atomic E-state index is 0.231. The summed E-state index contributed by atoms with van der Waals surface area (Å²) in [4.78, 5) is 4.37. The predicted molar refractivity (Wildman–Crippen MR) is 78.3 cm³/mol. The SMILES string of the molecule is Oc1cccc(Cc2nc(-c3cccc(Br)c3)no2)c1. The second-order valence-electron chi connectivity index (χ2n) is 4.37. The van der Waals surface area contributed by atoms with E-state index in [1.807, 2.05) is 30.3 Å². The molecular weight excluding hydrogens is 320 g/mol. The molecule has 1 aromatic heterocycles. The van der Waals surface area contributed by atoms with Crippen LogP contribution in [0.2, 0.25) is 0 Å². The van der Waals surface area contributed by atoms with Crippen LogP contribution in [0.4, 0.5) is 0 Å². The number of halogens is 1. The number of aromatic nitrogens is 2. The average molecular weight is 331 g/mol. The molecule has 0 unspecified atom stereocenters. The van der Waals surface area contributed by atoms with Gasteiger partial charge in [0.15, 0.2) is 0 Å². The molecule has 0 fully saturated rings. The maximum atomic E-state index is 9.43. The summed E-state index contributed by atoms with van der Waals surface area (Å²) >= 11 is 3.41. The second kappa shape index (κ2) is 5.46. The van der Waals surface area contributed by atoms with E-state index in [0.29, 0.717) is 18.1 Å². The molecule has 20 heavy (non-hydrogen) atoms. The Hall–Kier alpha value is -2.14. The molecule has 0 atom stereocenters. The van der Waals surface area contributed by atoms with Gasteiger partial charge in [-0.05, 0) is 29.8 Å². The number of rotatable bonds is 3. The largest absolute Gasteiger partial charge is 0.508 e. The molecule has 1 N–H and O–H groups in total. The van der Waals surface area contributed by atoms with Crippen molar-refractivity contribution in [2.75, 3.05) is 0 Å². The van der Waals surface area contributed by atoms with Crippen LogP contribution in [-0.2, 0) is 6.42 Å². The molecule has 0 saturated heterocycles. The van der Waals surface area contributed by atoms with Gasteiger partial charge < -0.3 is 9.63 Å². The van der Waals surface area contributed by atoms with Crippen molar-refractivity contribution in [2.24, 2.45) is 0 Å². The second-order valence-corrected chi connectivity index (χ2v) is 5.28. The van der Waals surface area contributed by atoms with E-state index in [4.69, 9.17) is 4.52 Å². The zero-order valence-corrected chi connectivity index (χ0v) is 12.0. The van der Waals surface area contributed by atoms with Crippen LogP contribution >= 0.6 is 15.9 Å². The molecule has 3 rings (SSSR count). The van der Waals surface area contributed by atoms with Gasteiger partial charge in [-0.3, -0.25) is 0 Å². The molecule has 0 aliphatic carbocycles. The van der Waals surface area contributed by atoms with Crippen molar-refractivity contribution < 1.29 is 9.63 Å². The van der Waals surface area contributed by atoms with Gasteiger partial charge in [-0.2, -0.15) is 4.98 Å². The van der Waals surface area contributed by atoms with Crippen LogP contribution in [0.1, 0.15) is 11.5 Å². The van der Waals surface area contributed by atoms with Crippen molar-refractivity contribution in [1.29, 1.82) is 0 Å². The first-order valence-corrected chi connectivity index (χ1v) is 6.86. The fourth-order valence-electron chi connectivity index (χ4n) is 1.91. The standard InChI is InChI=1S/C15H11BrN2O2/c16-12-5-2-4-11(9-12)15-17-14(20-18-15)8-10-3-1-6-13(19)7-10/h1-7,9,19H,8H2. The Kier molecular flexibility index (Phi) is 3.52. The summed E-state index contributed by atoms with van der Waals surface area (Å²) in [6.07, 6.45) is 0.495. The minimum atomic E-state index is 0.231. The van der Waals surface area contributed by atoms with Crippen LogP contribution in [0.15, 0.2) is 57.5 Å². The van der Waals surface area contributed by atoms with Crippen LogP contribution in [0, 0.1) is 0 Å². The monoisotopic (exact) mass is 330 g/mol. The molecule has 0 amide bonds. The van der Waals surface area contributed by atoms with Crippen molar-refractivity contribution in [3.05, 3.63) is 64.5 Å². The number of hydrogen-bond donors (Lipinski definition) is 1. The molecule has 5 heteroatoms. The third kappa shape index (κ3) is 2.88. The third-order valence-electron chi connectivity index (χ3n) is 2.82. The summed E-state index contributed by atoms with van der Waals surface area (Å²) in [5, 5.41) is 13.4. The fourth-order valence-corrected chi connectivity index (χ4v) is 2.31. The van der Waals surface area contributed by atoms with Crippen LogP contribution < -0.4 is 0 Å². The number of phenols is 1. The number of aromatic hydroxyl groups is 1. The van der Waals surface area contributed by atoms with Crippen LogP contribution in [0.25, 0.3) is 11.4 Å². The Morgan fingerprint density at radius 1 is 1.10 bits per heavy atom. The Balaban J connectivity index is 1.84. The number of phenolic OH excluding ortho intramolecular Hbond substituents is 1. The number of nitrogens with zero attached hydrogens (tertiary/aromatic N) is 2. The van der Waals surface area contributed by atoms with Crippen LogP contribution in [0.3, 0.4) is 0 Å². The summed E-state index contributed by atoms with van der Waals surface area (Å²) in [6.45, 7) is 0. The molecular formula is C15H11BrN2O2. The third-order valence-corrected chi connectivity index (χ3v) is 3.31. The van der Waals surface area contributed by atoms with Gasteiger partial charge >= 0.3 is 0 Å². The molecule has 0 spiro atoms. The predicted octanol–water partition coefficient (Wildman–Crippen LogP) is 3.80. The van der Waals surface area contributed by atoms with E-state index in [1.165, 1.54) is 0 Å². The highest BCUT2D eigenvalue weighted by Crippen LogP contribution is 2.21. The maximum Gasteiger partial charge on any atom is 0.231 e. The Morgan fingerprint density at radius 3 is 2.75 bits per heavy atom. The lowest BCUT2D eigenvalue weighted by Gasteiger charge is -1.97. The lowest BCUT2D eigenvalue weighted by molar-refractivity contribution is 0.385. The van der Waals surface area contributed by atoms with Crippen molar-refractivity contribution in [1.82, 2.24) is 10.1 Å². The van der Waals surface area contributed by atoms with E-state index in [9.17, 15) is 5.11 Å². The van der Waals surface area contributed by atoms with Crippen LogP contribution in [0.5, 0.6) is 5.75 Å². The quantitative estimate of drug-likeness (QED) is 0.793. The number of hydrogen-bond acceptors (Lipinski definition) is 4. The smallest absolute Gasteiger partial charge is 0.231 e. The minimum Gasteiger partial charge on any atom is -0.508 e. The molecule has 100 valence electrons. The van der Waals surface area contributed by atoms with E-state index < -0.39 is 0 Å². The van der Waals surface area contributed by atoms with Crippen molar-refractivity contribution >= 4 is 15.9 Å². The first kappa shape index (κ1) is 12.9. The molecule has 0 saturated carbocycles. The molecule has 2 aromatic carbocycles. The Labute approximate surface area is 124 Å². The van der Waals surface area contributed by atoms with E-state index in [2.05, 4.69) is 26.1 Å². The molecule has 0 aliphatic heterocycles. The zero-order chi connectivity index (χ0) is 13.9. The number of benzene rings is 2. The molecule has 0 bridgehead atoms. The molecule has 0 aliphatic rings. The van der Waals surface area contributed by atoms with E-state index in [0.717, 1.165) is 15.6 Å². The summed E-state index contributed by atoms with van der Waals surface area (Å²) < 4.78 is 6.21. The topological polar surface area (TPSA) is 59.2 Å². The fraction of sp³-hybridized carbons (Fsp3) is 0.0667. The summed E-state index contributed by atoms with van der Waals surface area (Å²) in [5.41, 5.74) is 1.82. The lowest BCUT2D eigenvalue weighted by atomic mass is 10.1. The van der Waals surface area contributed by atoms with Gasteiger partial charge in [0.2, 0.25) is 11.7 Å². The highest BCUT2D eigenvalue weighted by Gasteiger charge is 2.09. The molecule has 3 aromatic rings. The van der Waals surface area contributed by atoms with Crippen molar-refractivity contribution in [3.63, 3.8) is 0 Å². The van der Waals surface area contributed by atoms with Gasteiger partial charge in [-0.15, -0.1) is 0 Å². The van der Waals surface area contributed by atoms with E-state index in [-0.39, 0.29) is 5.75 Å². The first-order chi connectivity index (χ1) is 9.70. The lowest BCUT2D eigenvalue weighted by Crippen LogP contribution is -1.88. The van der Waals surface area contributed by atoms with Crippen molar-refractivity contribution in [3.8, 4) is 17.1 Å². The van der Waals surface area contributed by atoms with Gasteiger partial charge in [0, 0.05) is 10.0 Å². The van der Waals surface area contributed by atoms with Gasteiger partial charge in [-0.1, -0.05) is 45.4 Å². The first-order valence-electron chi connectivity index (χ1n) is 6.07. The summed E-state index contributed by atoms with van der Waals surface area (Å²) in [6, 6.07) is 14.7. The van der Waals surface area contributed by atoms with E-state index >= 15 is 0 Å². The summed E-state index contributed by atoms with van der Waals surface area (Å²) in [7, 11) is 0. The van der Waals surface area contributed by atoms with Gasteiger partial charge in [0.25, 0.3) is 0 Å². The average Bonchev–Trinajstić information content (AvgIpc) is 2.87. The van der Waals surface area contributed by atoms with E-state index in [1.54, 1.807) is 18.2 Å². The highest BCUT2D eigenvalue weighted by molar-refractivity contribution is 9.10. The molecule has 1 heterocycles. The Morgan fingerprint density at radius 2 is 1.95 bits per heavy atom. The Bertz CT molecular complexity index is 740. The van der Waals surface area contributed by atoms with Crippen LogP contribution in [-0.4, -0.2) is 15.2 Å². The zero-order valence-electron chi connectivity index (χ0n) is 10.5. The van der Waals surface area contributed by atoms with Gasteiger partial charge in [0.1, 0.15) is 5.75 Å². The highest BCUT2D eigenvalue weighted by atomic mass is 79.9. The van der Waals surface area contributed by atoms with Gasteiger partial charge in [-0.25, -0.2) is 0 Å².